The largest absolute Gasteiger partial charge is 0.372 e. The van der Waals surface area contributed by atoms with Crippen LogP contribution in [0.5, 0.6) is 0 Å². The summed E-state index contributed by atoms with van der Waals surface area (Å²) in [5, 5.41) is 9.03. The van der Waals surface area contributed by atoms with Gasteiger partial charge in [0.25, 0.3) is 0 Å². The molecule has 1 aromatic carbocycles. The molecule has 0 spiro atoms. The minimum absolute atomic E-state index is 0.764. The van der Waals surface area contributed by atoms with Crippen molar-refractivity contribution < 1.29 is 0 Å². The van der Waals surface area contributed by atoms with E-state index < -0.39 is 0 Å². The van der Waals surface area contributed by atoms with E-state index in [1.807, 2.05) is 0 Å². The standard InChI is InChI=1S/C22H29N5/c1-2-12-26(11-1)20-8-5-18(6-9-20)22-10-7-19(23-24-22)16-25-14-15-27-13-3-4-21(27)17-25/h5-10,21H,1-4,11-17H2/t21-/m1/s1. The Hall–Kier alpha value is -1.98. The van der Waals surface area contributed by atoms with Crippen molar-refractivity contribution in [2.75, 3.05) is 44.2 Å². The van der Waals surface area contributed by atoms with Crippen LogP contribution in [-0.4, -0.2) is 65.3 Å². The van der Waals surface area contributed by atoms with E-state index >= 15 is 0 Å². The van der Waals surface area contributed by atoms with Gasteiger partial charge in [-0.3, -0.25) is 9.80 Å². The smallest absolute Gasteiger partial charge is 0.0929 e. The summed E-state index contributed by atoms with van der Waals surface area (Å²) in [5.74, 6) is 0. The van der Waals surface area contributed by atoms with Crippen molar-refractivity contribution in [3.8, 4) is 11.3 Å². The van der Waals surface area contributed by atoms with Crippen molar-refractivity contribution in [2.24, 2.45) is 0 Å². The molecule has 3 saturated heterocycles. The second kappa shape index (κ2) is 7.56. The molecule has 1 aromatic heterocycles. The van der Waals surface area contributed by atoms with Gasteiger partial charge in [0.15, 0.2) is 0 Å². The molecule has 3 aliphatic heterocycles. The number of piperazine rings is 1. The summed E-state index contributed by atoms with van der Waals surface area (Å²) in [4.78, 5) is 7.65. The van der Waals surface area contributed by atoms with Crippen LogP contribution in [0, 0.1) is 0 Å². The van der Waals surface area contributed by atoms with Crippen molar-refractivity contribution in [3.05, 3.63) is 42.1 Å². The second-order valence-electron chi connectivity index (χ2n) is 8.22. The van der Waals surface area contributed by atoms with Gasteiger partial charge in [0.1, 0.15) is 0 Å². The third-order valence-corrected chi connectivity index (χ3v) is 6.41. The van der Waals surface area contributed by atoms with Crippen molar-refractivity contribution in [1.82, 2.24) is 20.0 Å². The molecular formula is C22H29N5. The quantitative estimate of drug-likeness (QED) is 0.834. The predicted octanol–water partition coefficient (Wildman–Crippen LogP) is 3.02. The molecule has 0 N–H and O–H groups in total. The number of hydrogen-bond donors (Lipinski definition) is 0. The average molecular weight is 364 g/mol. The fourth-order valence-corrected chi connectivity index (χ4v) is 4.84. The third-order valence-electron chi connectivity index (χ3n) is 6.41. The molecule has 5 rings (SSSR count). The molecule has 0 aliphatic carbocycles. The molecule has 2 aromatic rings. The van der Waals surface area contributed by atoms with Gasteiger partial charge in [-0.25, -0.2) is 0 Å². The van der Waals surface area contributed by atoms with Gasteiger partial charge < -0.3 is 4.90 Å². The molecule has 27 heavy (non-hydrogen) atoms. The fourth-order valence-electron chi connectivity index (χ4n) is 4.84. The number of rotatable bonds is 4. The van der Waals surface area contributed by atoms with E-state index in [1.54, 1.807) is 0 Å². The molecule has 3 aliphatic rings. The lowest BCUT2D eigenvalue weighted by molar-refractivity contribution is 0.0982. The van der Waals surface area contributed by atoms with Gasteiger partial charge >= 0.3 is 0 Å². The summed E-state index contributed by atoms with van der Waals surface area (Å²) in [6.45, 7) is 8.12. The van der Waals surface area contributed by atoms with Crippen molar-refractivity contribution >= 4 is 5.69 Å². The second-order valence-corrected chi connectivity index (χ2v) is 8.22. The molecule has 4 heterocycles. The molecule has 1 atom stereocenters. The van der Waals surface area contributed by atoms with Gasteiger partial charge in [0.2, 0.25) is 0 Å². The van der Waals surface area contributed by atoms with Crippen LogP contribution < -0.4 is 4.90 Å². The van der Waals surface area contributed by atoms with Crippen molar-refractivity contribution in [1.29, 1.82) is 0 Å². The Kier molecular flexibility index (Phi) is 4.80. The Labute approximate surface area is 162 Å². The topological polar surface area (TPSA) is 35.5 Å². The van der Waals surface area contributed by atoms with Gasteiger partial charge in [-0.2, -0.15) is 10.2 Å². The van der Waals surface area contributed by atoms with E-state index in [9.17, 15) is 0 Å². The van der Waals surface area contributed by atoms with Crippen LogP contribution in [0.2, 0.25) is 0 Å². The Bertz CT molecular complexity index is 751. The monoisotopic (exact) mass is 363 g/mol. The van der Waals surface area contributed by atoms with Gasteiger partial charge in [-0.05, 0) is 56.5 Å². The van der Waals surface area contributed by atoms with Crippen LogP contribution >= 0.6 is 0 Å². The van der Waals surface area contributed by atoms with Crippen LogP contribution in [0.1, 0.15) is 31.4 Å². The van der Waals surface area contributed by atoms with Crippen LogP contribution in [0.15, 0.2) is 36.4 Å². The highest BCUT2D eigenvalue weighted by Crippen LogP contribution is 2.25. The zero-order valence-corrected chi connectivity index (χ0v) is 16.1. The van der Waals surface area contributed by atoms with Crippen LogP contribution in [0.25, 0.3) is 11.3 Å². The first-order valence-electron chi connectivity index (χ1n) is 10.5. The fraction of sp³-hybridized carbons (Fsp3) is 0.545. The average Bonchev–Trinajstić information content (AvgIpc) is 3.40. The van der Waals surface area contributed by atoms with Gasteiger partial charge in [-0.1, -0.05) is 12.1 Å². The number of hydrogen-bond acceptors (Lipinski definition) is 5. The number of benzene rings is 1. The first kappa shape index (κ1) is 17.1. The Morgan fingerprint density at radius 3 is 2.44 bits per heavy atom. The Balaban J connectivity index is 1.22. The minimum atomic E-state index is 0.764. The Morgan fingerprint density at radius 1 is 0.815 bits per heavy atom. The summed E-state index contributed by atoms with van der Waals surface area (Å²) in [5.41, 5.74) is 4.52. The van der Waals surface area contributed by atoms with Gasteiger partial charge in [0, 0.05) is 56.6 Å². The lowest BCUT2D eigenvalue weighted by Crippen LogP contribution is -2.49. The summed E-state index contributed by atoms with van der Waals surface area (Å²) in [6, 6.07) is 13.8. The number of nitrogens with zero attached hydrogens (tertiary/aromatic N) is 5. The molecule has 0 amide bonds. The maximum Gasteiger partial charge on any atom is 0.0929 e. The van der Waals surface area contributed by atoms with Crippen LogP contribution in [0.4, 0.5) is 5.69 Å². The van der Waals surface area contributed by atoms with E-state index in [4.69, 9.17) is 0 Å². The molecule has 0 saturated carbocycles. The van der Waals surface area contributed by atoms with E-state index in [1.165, 1.54) is 64.1 Å². The highest BCUT2D eigenvalue weighted by molar-refractivity contribution is 5.63. The summed E-state index contributed by atoms with van der Waals surface area (Å²) < 4.78 is 0. The molecular weight excluding hydrogens is 334 g/mol. The zero-order chi connectivity index (χ0) is 18.1. The summed E-state index contributed by atoms with van der Waals surface area (Å²) >= 11 is 0. The van der Waals surface area contributed by atoms with Crippen LogP contribution in [-0.2, 0) is 6.54 Å². The maximum atomic E-state index is 4.52. The Morgan fingerprint density at radius 2 is 1.67 bits per heavy atom. The molecule has 0 unspecified atom stereocenters. The highest BCUT2D eigenvalue weighted by atomic mass is 15.3. The normalized spacial score (nSPS) is 23.7. The molecule has 3 fully saturated rings. The SMILES string of the molecule is c1cc(N2CCCC2)ccc1-c1ccc(CN2CCN3CCC[C@@H]3C2)nn1. The highest BCUT2D eigenvalue weighted by Gasteiger charge is 2.30. The van der Waals surface area contributed by atoms with E-state index in [2.05, 4.69) is 61.3 Å². The van der Waals surface area contributed by atoms with Crippen LogP contribution in [0.3, 0.4) is 0 Å². The third kappa shape index (κ3) is 3.71. The summed E-state index contributed by atoms with van der Waals surface area (Å²) in [7, 11) is 0. The number of fused-ring (bicyclic) bond motifs is 1. The maximum absolute atomic E-state index is 4.52. The van der Waals surface area contributed by atoms with Gasteiger partial charge in [0.05, 0.1) is 11.4 Å². The lowest BCUT2D eigenvalue weighted by atomic mass is 10.1. The van der Waals surface area contributed by atoms with E-state index in [-0.39, 0.29) is 0 Å². The minimum Gasteiger partial charge on any atom is -0.372 e. The molecule has 5 heteroatoms. The molecule has 142 valence electrons. The van der Waals surface area contributed by atoms with Crippen molar-refractivity contribution in [2.45, 2.75) is 38.3 Å². The van der Waals surface area contributed by atoms with E-state index in [0.29, 0.717) is 0 Å². The van der Waals surface area contributed by atoms with Gasteiger partial charge in [-0.15, -0.1) is 0 Å². The number of anilines is 1. The summed E-state index contributed by atoms with van der Waals surface area (Å²) in [6.07, 6.45) is 5.34. The first-order chi connectivity index (χ1) is 13.3. The van der Waals surface area contributed by atoms with E-state index in [0.717, 1.165) is 36.1 Å². The lowest BCUT2D eigenvalue weighted by Gasteiger charge is -2.37. The van der Waals surface area contributed by atoms with Crippen molar-refractivity contribution in [3.63, 3.8) is 0 Å². The zero-order valence-electron chi connectivity index (χ0n) is 16.1. The first-order valence-corrected chi connectivity index (χ1v) is 10.5. The number of aromatic nitrogens is 2. The molecule has 0 bridgehead atoms. The molecule has 5 nitrogen and oxygen atoms in total. The predicted molar refractivity (Wildman–Crippen MR) is 109 cm³/mol. The molecule has 0 radical (unpaired) electrons.